The van der Waals surface area contributed by atoms with Gasteiger partial charge in [-0.05, 0) is 41.5 Å². The van der Waals surface area contributed by atoms with Crippen molar-refractivity contribution in [3.05, 3.63) is 91.1 Å². The van der Waals surface area contributed by atoms with Crippen LogP contribution < -0.4 is 10.6 Å². The van der Waals surface area contributed by atoms with Crippen LogP contribution in [0.5, 0.6) is 0 Å². The SMILES string of the molecule is CN(CCc1ccccn1)c1ccc(-c2cc(-c3ccccc3)c3c(N)ncnc3n2)cn1. The Kier molecular flexibility index (Phi) is 5.59. The third-order valence-corrected chi connectivity index (χ3v) is 5.58. The number of hydrogen-bond acceptors (Lipinski definition) is 7. The first-order valence-corrected chi connectivity index (χ1v) is 10.7. The summed E-state index contributed by atoms with van der Waals surface area (Å²) in [6.45, 7) is 0.825. The summed E-state index contributed by atoms with van der Waals surface area (Å²) in [5, 5.41) is 0.756. The first-order valence-electron chi connectivity index (χ1n) is 10.7. The molecule has 5 rings (SSSR count). The van der Waals surface area contributed by atoms with Crippen LogP contribution in [0.4, 0.5) is 11.6 Å². The lowest BCUT2D eigenvalue weighted by atomic mass is 10.0. The molecule has 7 nitrogen and oxygen atoms in total. The molecular weight excluding hydrogens is 410 g/mol. The zero-order chi connectivity index (χ0) is 22.6. The van der Waals surface area contributed by atoms with Gasteiger partial charge in [-0.1, -0.05) is 36.4 Å². The molecule has 0 saturated carbocycles. The van der Waals surface area contributed by atoms with E-state index in [2.05, 4.69) is 24.8 Å². The van der Waals surface area contributed by atoms with Gasteiger partial charge in [-0.15, -0.1) is 0 Å². The topological polar surface area (TPSA) is 93.7 Å². The van der Waals surface area contributed by atoms with Crippen molar-refractivity contribution in [2.75, 3.05) is 24.2 Å². The molecule has 33 heavy (non-hydrogen) atoms. The number of benzene rings is 1. The van der Waals surface area contributed by atoms with E-state index in [-0.39, 0.29) is 0 Å². The van der Waals surface area contributed by atoms with Crippen molar-refractivity contribution in [2.45, 2.75) is 6.42 Å². The average molecular weight is 434 g/mol. The molecule has 0 atom stereocenters. The number of likely N-dealkylation sites (N-methyl/N-ethyl adjacent to an activating group) is 1. The van der Waals surface area contributed by atoms with Gasteiger partial charge in [0.25, 0.3) is 0 Å². The smallest absolute Gasteiger partial charge is 0.165 e. The van der Waals surface area contributed by atoms with E-state index in [1.165, 1.54) is 6.33 Å². The summed E-state index contributed by atoms with van der Waals surface area (Å²) >= 11 is 0. The van der Waals surface area contributed by atoms with E-state index < -0.39 is 0 Å². The maximum Gasteiger partial charge on any atom is 0.165 e. The van der Waals surface area contributed by atoms with Crippen LogP contribution in [0.25, 0.3) is 33.4 Å². The standard InChI is InChI=1S/C26H23N7/c1-33(14-12-20-9-5-6-13-28-20)23-11-10-19(16-29-23)22-15-21(18-7-3-2-4-8-18)24-25(27)30-17-31-26(24)32-22/h2-11,13,15-17H,12,14H2,1H3,(H2,27,30,31,32). The molecule has 0 amide bonds. The second-order valence-corrected chi connectivity index (χ2v) is 7.78. The lowest BCUT2D eigenvalue weighted by Crippen LogP contribution is -2.21. The molecule has 0 radical (unpaired) electrons. The van der Waals surface area contributed by atoms with Crippen molar-refractivity contribution in [1.29, 1.82) is 0 Å². The minimum Gasteiger partial charge on any atom is -0.383 e. The molecule has 0 aliphatic rings. The molecule has 162 valence electrons. The summed E-state index contributed by atoms with van der Waals surface area (Å²) in [5.41, 5.74) is 11.5. The van der Waals surface area contributed by atoms with Crippen LogP contribution in [-0.2, 0) is 6.42 Å². The fourth-order valence-electron chi connectivity index (χ4n) is 3.79. The normalized spacial score (nSPS) is 10.9. The molecular formula is C26H23N7. The predicted octanol–water partition coefficient (Wildman–Crippen LogP) is 4.41. The summed E-state index contributed by atoms with van der Waals surface area (Å²) in [6, 6.07) is 22.1. The van der Waals surface area contributed by atoms with Gasteiger partial charge in [0.15, 0.2) is 5.65 Å². The Balaban J connectivity index is 1.46. The monoisotopic (exact) mass is 433 g/mol. The van der Waals surface area contributed by atoms with Crippen molar-refractivity contribution >= 4 is 22.7 Å². The van der Waals surface area contributed by atoms with Gasteiger partial charge in [0.05, 0.1) is 11.1 Å². The van der Waals surface area contributed by atoms with Crippen LogP contribution in [0, 0.1) is 0 Å². The Morgan fingerprint density at radius 3 is 2.45 bits per heavy atom. The molecule has 0 fully saturated rings. The van der Waals surface area contributed by atoms with Crippen molar-refractivity contribution in [2.24, 2.45) is 0 Å². The molecule has 5 aromatic rings. The highest BCUT2D eigenvalue weighted by Crippen LogP contribution is 2.33. The van der Waals surface area contributed by atoms with Crippen LogP contribution in [0.15, 0.2) is 85.5 Å². The lowest BCUT2D eigenvalue weighted by Gasteiger charge is -2.18. The molecule has 1 aromatic carbocycles. The minimum atomic E-state index is 0.418. The highest BCUT2D eigenvalue weighted by molar-refractivity contribution is 6.00. The van der Waals surface area contributed by atoms with Crippen LogP contribution in [0.3, 0.4) is 0 Å². The molecule has 4 heterocycles. The van der Waals surface area contributed by atoms with Gasteiger partial charge >= 0.3 is 0 Å². The zero-order valence-electron chi connectivity index (χ0n) is 18.3. The molecule has 0 saturated heterocycles. The Labute approximate surface area is 192 Å². The van der Waals surface area contributed by atoms with Gasteiger partial charge in [0, 0.05) is 43.7 Å². The van der Waals surface area contributed by atoms with Crippen LogP contribution >= 0.6 is 0 Å². The van der Waals surface area contributed by atoms with Gasteiger partial charge in [0.2, 0.25) is 0 Å². The fourth-order valence-corrected chi connectivity index (χ4v) is 3.79. The quantitative estimate of drug-likeness (QED) is 0.424. The highest BCUT2D eigenvalue weighted by atomic mass is 15.2. The van der Waals surface area contributed by atoms with Gasteiger partial charge in [-0.3, -0.25) is 4.98 Å². The maximum atomic E-state index is 6.19. The number of nitrogen functional groups attached to an aromatic ring is 1. The number of nitrogens with two attached hydrogens (primary N) is 1. The van der Waals surface area contributed by atoms with Gasteiger partial charge < -0.3 is 10.6 Å². The average Bonchev–Trinajstić information content (AvgIpc) is 2.88. The zero-order valence-corrected chi connectivity index (χ0v) is 18.3. The molecule has 0 aliphatic heterocycles. The summed E-state index contributed by atoms with van der Waals surface area (Å²) in [7, 11) is 2.03. The Bertz CT molecular complexity index is 1370. The largest absolute Gasteiger partial charge is 0.383 e. The Morgan fingerprint density at radius 1 is 0.848 bits per heavy atom. The lowest BCUT2D eigenvalue weighted by molar-refractivity contribution is 0.839. The number of pyridine rings is 3. The molecule has 2 N–H and O–H groups in total. The van der Waals surface area contributed by atoms with E-state index >= 15 is 0 Å². The van der Waals surface area contributed by atoms with Crippen LogP contribution in [0.1, 0.15) is 5.69 Å². The number of fused-ring (bicyclic) bond motifs is 1. The highest BCUT2D eigenvalue weighted by Gasteiger charge is 2.14. The van der Waals surface area contributed by atoms with Crippen molar-refractivity contribution in [3.63, 3.8) is 0 Å². The number of aromatic nitrogens is 5. The third-order valence-electron chi connectivity index (χ3n) is 5.58. The molecule has 0 unspecified atom stereocenters. The number of hydrogen-bond donors (Lipinski definition) is 1. The van der Waals surface area contributed by atoms with Gasteiger partial charge in [-0.25, -0.2) is 19.9 Å². The molecule has 0 aliphatic carbocycles. The summed E-state index contributed by atoms with van der Waals surface area (Å²) in [6.07, 6.45) is 5.97. The van der Waals surface area contributed by atoms with Crippen molar-refractivity contribution in [3.8, 4) is 22.4 Å². The maximum absolute atomic E-state index is 6.19. The summed E-state index contributed by atoms with van der Waals surface area (Å²) in [5.74, 6) is 1.31. The second kappa shape index (κ2) is 9.00. The third kappa shape index (κ3) is 4.34. The molecule has 0 spiro atoms. The Hall–Kier alpha value is -4.39. The van der Waals surface area contributed by atoms with Crippen LogP contribution in [0.2, 0.25) is 0 Å². The first kappa shape index (κ1) is 20.5. The molecule has 7 heteroatoms. The van der Waals surface area contributed by atoms with E-state index in [0.29, 0.717) is 11.5 Å². The Morgan fingerprint density at radius 2 is 1.70 bits per heavy atom. The van der Waals surface area contributed by atoms with Gasteiger partial charge in [0.1, 0.15) is 18.0 Å². The second-order valence-electron chi connectivity index (χ2n) is 7.78. The van der Waals surface area contributed by atoms with Crippen LogP contribution in [-0.4, -0.2) is 38.5 Å². The van der Waals surface area contributed by atoms with Crippen molar-refractivity contribution < 1.29 is 0 Å². The minimum absolute atomic E-state index is 0.418. The summed E-state index contributed by atoms with van der Waals surface area (Å²) < 4.78 is 0. The molecule has 0 bridgehead atoms. The van der Waals surface area contributed by atoms with E-state index in [0.717, 1.165) is 52.2 Å². The van der Waals surface area contributed by atoms with E-state index in [1.54, 1.807) is 0 Å². The predicted molar refractivity (Wildman–Crippen MR) is 132 cm³/mol. The fraction of sp³-hybridized carbons (Fsp3) is 0.115. The molecule has 4 aromatic heterocycles. The van der Waals surface area contributed by atoms with E-state index in [4.69, 9.17) is 10.7 Å². The summed E-state index contributed by atoms with van der Waals surface area (Å²) in [4.78, 5) is 24.5. The van der Waals surface area contributed by atoms with Gasteiger partial charge in [-0.2, -0.15) is 0 Å². The van der Waals surface area contributed by atoms with E-state index in [9.17, 15) is 0 Å². The number of rotatable bonds is 6. The van der Waals surface area contributed by atoms with E-state index in [1.807, 2.05) is 86.2 Å². The van der Waals surface area contributed by atoms with Crippen molar-refractivity contribution in [1.82, 2.24) is 24.9 Å². The number of anilines is 2. The number of nitrogens with zero attached hydrogens (tertiary/aromatic N) is 6. The first-order chi connectivity index (χ1) is 16.2.